The lowest BCUT2D eigenvalue weighted by atomic mass is 9.65. The molecule has 0 saturated carbocycles. The van der Waals surface area contributed by atoms with Crippen LogP contribution in [0.5, 0.6) is 0 Å². The summed E-state index contributed by atoms with van der Waals surface area (Å²) < 4.78 is 16.6. The zero-order chi connectivity index (χ0) is 12.3. The molecule has 2 saturated heterocycles. The molecule has 3 heterocycles. The van der Waals surface area contributed by atoms with E-state index in [9.17, 15) is 9.59 Å². The van der Waals surface area contributed by atoms with Crippen molar-refractivity contribution in [3.63, 3.8) is 0 Å². The average molecular weight is 302 g/mol. The van der Waals surface area contributed by atoms with Crippen molar-refractivity contribution < 1.29 is 27.7 Å². The summed E-state index contributed by atoms with van der Waals surface area (Å²) in [7, 11) is 1.76. The number of hydrogen-bond acceptors (Lipinski definition) is 5. The fourth-order valence-electron chi connectivity index (χ4n) is 2.54. The van der Waals surface area contributed by atoms with Gasteiger partial charge in [-0.3, -0.25) is 9.59 Å². The van der Waals surface area contributed by atoms with Gasteiger partial charge in [0.05, 0.1) is 0 Å². The van der Waals surface area contributed by atoms with Crippen LogP contribution in [0, 0.1) is 0 Å². The predicted octanol–water partition coefficient (Wildman–Crippen LogP) is -0.252. The Balaban J connectivity index is 2.15. The van der Waals surface area contributed by atoms with Crippen LogP contribution in [0.4, 0.5) is 0 Å². The van der Waals surface area contributed by atoms with Gasteiger partial charge in [0.1, 0.15) is 18.7 Å². The third kappa shape index (κ3) is 1.31. The molecule has 0 N–H and O–H groups in total. The van der Waals surface area contributed by atoms with Crippen molar-refractivity contribution >= 4 is 40.2 Å². The Morgan fingerprint density at radius 2 is 1.82 bits per heavy atom. The van der Waals surface area contributed by atoms with Gasteiger partial charge in [-0.15, -0.1) is 0 Å². The Bertz CT molecular complexity index is 507. The van der Waals surface area contributed by atoms with Gasteiger partial charge >= 0.3 is 18.6 Å². The molecule has 0 bridgehead atoms. The number of fused-ring (bicyclic) bond motifs is 1. The molecule has 1 aromatic rings. The quantitative estimate of drug-likeness (QED) is 0.669. The molecule has 0 atom stereocenters. The van der Waals surface area contributed by atoms with E-state index in [-0.39, 0.29) is 29.4 Å². The zero-order valence-corrected chi connectivity index (χ0v) is 10.6. The molecule has 6 nitrogen and oxygen atoms in total. The van der Waals surface area contributed by atoms with Crippen molar-refractivity contribution in [1.29, 1.82) is 0 Å². The second-order valence-corrected chi connectivity index (χ2v) is 5.37. The van der Waals surface area contributed by atoms with Crippen molar-refractivity contribution in [2.45, 2.75) is 0 Å². The fraction of sp³-hybridized carbons (Fsp3) is 0.333. The number of likely N-dealkylation sites (N-methyl/N-ethyl adjacent to an activating group) is 1. The first-order valence-electron chi connectivity index (χ1n) is 5.13. The molecule has 0 radical (unpaired) electrons. The predicted molar refractivity (Wildman–Crippen MR) is 59.9 cm³/mol. The molecule has 8 heteroatoms. The third-order valence-corrected chi connectivity index (χ3v) is 3.76. The van der Waals surface area contributed by atoms with Gasteiger partial charge in [0.25, 0.3) is 0 Å². The van der Waals surface area contributed by atoms with E-state index in [1.807, 2.05) is 0 Å². The summed E-state index contributed by atoms with van der Waals surface area (Å²) in [4.78, 5) is 23.0. The van der Waals surface area contributed by atoms with Crippen LogP contribution in [0.3, 0.4) is 0 Å². The first-order valence-corrected chi connectivity index (χ1v) is 5.92. The topological polar surface area (TPSA) is 65.7 Å². The van der Waals surface area contributed by atoms with Crippen LogP contribution in [0.25, 0.3) is 0 Å². The molecule has 1 aromatic heterocycles. The van der Waals surface area contributed by atoms with Crippen LogP contribution in [0.1, 0.15) is 0 Å². The first kappa shape index (κ1) is 10.9. The summed E-state index contributed by atoms with van der Waals surface area (Å²) in [6, 6.07) is 3.33. The molecule has 2 fully saturated rings. The summed E-state index contributed by atoms with van der Waals surface area (Å²) >= 11 is 3.18. The van der Waals surface area contributed by atoms with E-state index in [1.165, 1.54) is 0 Å². The molecule has 2 aliphatic heterocycles. The van der Waals surface area contributed by atoms with Gasteiger partial charge in [-0.25, -0.2) is 0 Å². The number of quaternary nitrogens is 1. The largest absolute Gasteiger partial charge is 0.648 e. The van der Waals surface area contributed by atoms with Crippen molar-refractivity contribution in [2.24, 2.45) is 0 Å². The minimum absolute atomic E-state index is 0.0949. The Hall–Kier alpha value is -1.28. The van der Waals surface area contributed by atoms with Gasteiger partial charge < -0.3 is 18.1 Å². The van der Waals surface area contributed by atoms with Crippen molar-refractivity contribution in [2.75, 3.05) is 20.1 Å². The molecule has 0 spiro atoms. The van der Waals surface area contributed by atoms with E-state index < -0.39 is 6.69 Å². The molecule has 0 aromatic carbocycles. The van der Waals surface area contributed by atoms with Crippen LogP contribution in [0.15, 0.2) is 21.2 Å². The lowest BCUT2D eigenvalue weighted by molar-refractivity contribution is -0.791. The normalized spacial score (nSPS) is 35.6. The van der Waals surface area contributed by atoms with E-state index >= 15 is 0 Å². The lowest BCUT2D eigenvalue weighted by Gasteiger charge is -2.38. The second kappa shape index (κ2) is 3.14. The second-order valence-electron chi connectivity index (χ2n) is 4.59. The highest BCUT2D eigenvalue weighted by atomic mass is 79.9. The minimum atomic E-state index is -2.23. The zero-order valence-electron chi connectivity index (χ0n) is 9.01. The van der Waals surface area contributed by atoms with Crippen LogP contribution in [-0.4, -0.2) is 43.2 Å². The van der Waals surface area contributed by atoms with Crippen LogP contribution in [-0.2, 0) is 18.9 Å². The van der Waals surface area contributed by atoms with Gasteiger partial charge in [-0.05, 0) is 28.1 Å². The van der Waals surface area contributed by atoms with Crippen molar-refractivity contribution in [3.8, 4) is 0 Å². The number of carbonyl (C=O) groups excluding carboxylic acids is 2. The van der Waals surface area contributed by atoms with Crippen molar-refractivity contribution in [1.82, 2.24) is 0 Å². The molecular formula is C9H9BBrNO5. The molecule has 2 aliphatic rings. The van der Waals surface area contributed by atoms with Gasteiger partial charge in [-0.2, -0.15) is 0 Å². The maximum Gasteiger partial charge on any atom is 0.648 e. The van der Waals surface area contributed by atoms with E-state index in [1.54, 1.807) is 19.2 Å². The number of nitrogens with zero attached hydrogens (tertiary/aromatic N) is 1. The highest BCUT2D eigenvalue weighted by molar-refractivity contribution is 9.10. The summed E-state index contributed by atoms with van der Waals surface area (Å²) in [6.07, 6.45) is 0. The third-order valence-electron chi connectivity index (χ3n) is 3.34. The Morgan fingerprint density at radius 3 is 2.29 bits per heavy atom. The number of furan rings is 1. The molecule has 90 valence electrons. The monoisotopic (exact) mass is 301 g/mol. The van der Waals surface area contributed by atoms with E-state index in [2.05, 4.69) is 15.9 Å². The van der Waals surface area contributed by atoms with E-state index in [0.717, 1.165) is 0 Å². The lowest BCUT2D eigenvalue weighted by Crippen LogP contribution is -2.67. The average Bonchev–Trinajstić information content (AvgIpc) is 2.75. The van der Waals surface area contributed by atoms with Crippen LogP contribution < -0.4 is 5.66 Å². The molecular weight excluding hydrogens is 293 g/mol. The SMILES string of the molecule is C[N+]12CC(=O)O[B-]1(c1ccc(Br)o1)OC(=O)C2. The highest BCUT2D eigenvalue weighted by Crippen LogP contribution is 2.33. The Morgan fingerprint density at radius 1 is 1.24 bits per heavy atom. The molecule has 3 rings (SSSR count). The van der Waals surface area contributed by atoms with Gasteiger partial charge in [0.15, 0.2) is 4.67 Å². The number of rotatable bonds is 1. The first-order chi connectivity index (χ1) is 7.95. The molecule has 17 heavy (non-hydrogen) atoms. The summed E-state index contributed by atoms with van der Waals surface area (Å²) in [5.41, 5.74) is 0.371. The summed E-state index contributed by atoms with van der Waals surface area (Å²) in [6.45, 7) is -1.99. The number of halogens is 1. The maximum absolute atomic E-state index is 11.5. The van der Waals surface area contributed by atoms with Gasteiger partial charge in [-0.1, -0.05) is 0 Å². The minimum Gasteiger partial charge on any atom is -0.594 e. The van der Waals surface area contributed by atoms with E-state index in [0.29, 0.717) is 10.3 Å². The van der Waals surface area contributed by atoms with Crippen molar-refractivity contribution in [3.05, 3.63) is 16.8 Å². The number of carbonyl (C=O) groups is 2. The smallest absolute Gasteiger partial charge is 0.594 e. The maximum atomic E-state index is 11.5. The summed E-state index contributed by atoms with van der Waals surface area (Å²) in [5, 5.41) is 0. The number of hydrogen-bond donors (Lipinski definition) is 0. The Kier molecular flexibility index (Phi) is 2.00. The van der Waals surface area contributed by atoms with Gasteiger partial charge in [0.2, 0.25) is 0 Å². The molecule has 0 amide bonds. The highest BCUT2D eigenvalue weighted by Gasteiger charge is 2.68. The van der Waals surface area contributed by atoms with E-state index in [4.69, 9.17) is 13.7 Å². The Labute approximate surface area is 105 Å². The van der Waals surface area contributed by atoms with Crippen LogP contribution in [0.2, 0.25) is 0 Å². The van der Waals surface area contributed by atoms with Gasteiger partial charge in [0, 0.05) is 7.05 Å². The summed E-state index contributed by atoms with van der Waals surface area (Å²) in [5.74, 6) is -0.764. The van der Waals surface area contributed by atoms with Crippen LogP contribution >= 0.6 is 15.9 Å². The standard InChI is InChI=1S/C9H9BBrNO5/c1-12-4-8(13)16-10(12,17-9(14)5-12)6-2-3-7(11)15-6/h2-3H,4-5H2,1H3. The fourth-order valence-corrected chi connectivity index (χ4v) is 2.86. The molecule has 0 unspecified atom stereocenters. The molecule has 0 aliphatic carbocycles.